The zero-order valence-electron chi connectivity index (χ0n) is 11.2. The highest BCUT2D eigenvalue weighted by Crippen LogP contribution is 2.32. The number of rotatable bonds is 4. The molecule has 2 rings (SSSR count). The molecule has 0 heterocycles. The number of hydrogen-bond acceptors (Lipinski definition) is 3. The molecule has 0 saturated heterocycles. The van der Waals surface area contributed by atoms with Crippen molar-refractivity contribution in [2.75, 3.05) is 27.7 Å². The van der Waals surface area contributed by atoms with Crippen LogP contribution >= 0.6 is 0 Å². The first-order valence-corrected chi connectivity index (χ1v) is 6.11. The molecule has 18 heavy (non-hydrogen) atoms. The molecule has 3 nitrogen and oxygen atoms in total. The molecule has 2 aromatic rings. The molecule has 0 aromatic heterocycles. The quantitative estimate of drug-likeness (QED) is 0.897. The van der Waals surface area contributed by atoms with Gasteiger partial charge in [0.1, 0.15) is 5.75 Å². The molecule has 0 saturated carbocycles. The van der Waals surface area contributed by atoms with Crippen LogP contribution in [0.25, 0.3) is 10.8 Å². The van der Waals surface area contributed by atoms with Crippen molar-refractivity contribution in [2.24, 2.45) is 5.73 Å². The average Bonchev–Trinajstić information content (AvgIpc) is 2.39. The van der Waals surface area contributed by atoms with E-state index < -0.39 is 0 Å². The largest absolute Gasteiger partial charge is 0.496 e. The van der Waals surface area contributed by atoms with Crippen LogP contribution in [0.1, 0.15) is 11.6 Å². The van der Waals surface area contributed by atoms with Gasteiger partial charge in [0.05, 0.1) is 7.11 Å². The van der Waals surface area contributed by atoms with Crippen LogP contribution < -0.4 is 10.5 Å². The summed E-state index contributed by atoms with van der Waals surface area (Å²) in [5.41, 5.74) is 7.14. The second-order valence-corrected chi connectivity index (χ2v) is 4.62. The van der Waals surface area contributed by atoms with Gasteiger partial charge >= 0.3 is 0 Å². The molecular weight excluding hydrogens is 224 g/mol. The average molecular weight is 244 g/mol. The number of methoxy groups -OCH3 is 1. The van der Waals surface area contributed by atoms with E-state index in [-0.39, 0.29) is 6.04 Å². The third-order valence-electron chi connectivity index (χ3n) is 3.34. The van der Waals surface area contributed by atoms with Crippen LogP contribution in [-0.2, 0) is 0 Å². The van der Waals surface area contributed by atoms with Gasteiger partial charge in [-0.05, 0) is 31.1 Å². The Morgan fingerprint density at radius 2 is 1.78 bits per heavy atom. The summed E-state index contributed by atoms with van der Waals surface area (Å²) in [6.45, 7) is 0.601. The van der Waals surface area contributed by atoms with Gasteiger partial charge in [-0.1, -0.05) is 30.3 Å². The Morgan fingerprint density at radius 1 is 1.11 bits per heavy atom. The van der Waals surface area contributed by atoms with Crippen LogP contribution in [0, 0.1) is 0 Å². The molecule has 0 aliphatic rings. The van der Waals surface area contributed by atoms with E-state index in [2.05, 4.69) is 43.3 Å². The lowest BCUT2D eigenvalue weighted by Crippen LogP contribution is -2.27. The van der Waals surface area contributed by atoms with E-state index in [1.807, 2.05) is 12.1 Å². The highest BCUT2D eigenvalue weighted by Gasteiger charge is 2.16. The summed E-state index contributed by atoms with van der Waals surface area (Å²) >= 11 is 0. The minimum atomic E-state index is 0.223. The van der Waals surface area contributed by atoms with Crippen molar-refractivity contribution in [1.82, 2.24) is 4.90 Å². The summed E-state index contributed by atoms with van der Waals surface area (Å²) in [5.74, 6) is 0.906. The number of likely N-dealkylation sites (N-methyl/N-ethyl adjacent to an activating group) is 1. The van der Waals surface area contributed by atoms with Crippen LogP contribution in [0.3, 0.4) is 0 Å². The van der Waals surface area contributed by atoms with E-state index in [1.54, 1.807) is 7.11 Å². The molecule has 0 amide bonds. The van der Waals surface area contributed by atoms with Gasteiger partial charge < -0.3 is 15.4 Å². The van der Waals surface area contributed by atoms with Crippen molar-refractivity contribution in [3.8, 4) is 5.75 Å². The van der Waals surface area contributed by atoms with Crippen LogP contribution in [-0.4, -0.2) is 32.6 Å². The van der Waals surface area contributed by atoms with E-state index in [1.165, 1.54) is 10.9 Å². The predicted molar refractivity (Wildman–Crippen MR) is 76.0 cm³/mol. The van der Waals surface area contributed by atoms with Crippen LogP contribution in [0.2, 0.25) is 0 Å². The Balaban J connectivity index is 2.65. The van der Waals surface area contributed by atoms with Gasteiger partial charge in [-0.3, -0.25) is 0 Å². The van der Waals surface area contributed by atoms with E-state index in [0.29, 0.717) is 6.54 Å². The van der Waals surface area contributed by atoms with Crippen molar-refractivity contribution in [1.29, 1.82) is 0 Å². The lowest BCUT2D eigenvalue weighted by atomic mass is 9.97. The second-order valence-electron chi connectivity index (χ2n) is 4.62. The van der Waals surface area contributed by atoms with Crippen molar-refractivity contribution in [2.45, 2.75) is 6.04 Å². The maximum atomic E-state index is 5.89. The van der Waals surface area contributed by atoms with Gasteiger partial charge in [0.2, 0.25) is 0 Å². The highest BCUT2D eigenvalue weighted by molar-refractivity contribution is 5.91. The Hall–Kier alpha value is -1.58. The zero-order chi connectivity index (χ0) is 13.1. The summed E-state index contributed by atoms with van der Waals surface area (Å²) < 4.78 is 5.41. The maximum Gasteiger partial charge on any atom is 0.126 e. The Morgan fingerprint density at radius 3 is 2.33 bits per heavy atom. The second kappa shape index (κ2) is 5.38. The molecule has 0 spiro atoms. The number of nitrogens with two attached hydrogens (primary N) is 1. The fraction of sp³-hybridized carbons (Fsp3) is 0.333. The third-order valence-corrected chi connectivity index (χ3v) is 3.34. The first-order chi connectivity index (χ1) is 8.69. The Kier molecular flexibility index (Phi) is 3.84. The molecule has 0 fully saturated rings. The van der Waals surface area contributed by atoms with Crippen molar-refractivity contribution in [3.63, 3.8) is 0 Å². The third kappa shape index (κ3) is 2.19. The van der Waals surface area contributed by atoms with Gasteiger partial charge in [0.15, 0.2) is 0 Å². The van der Waals surface area contributed by atoms with E-state index >= 15 is 0 Å². The fourth-order valence-electron chi connectivity index (χ4n) is 2.38. The summed E-state index contributed by atoms with van der Waals surface area (Å²) in [4.78, 5) is 2.15. The summed E-state index contributed by atoms with van der Waals surface area (Å²) in [5, 5.41) is 2.35. The monoisotopic (exact) mass is 244 g/mol. The van der Waals surface area contributed by atoms with Crippen molar-refractivity contribution >= 4 is 10.8 Å². The molecular formula is C15H20N2O. The summed E-state index contributed by atoms with van der Waals surface area (Å²) in [6, 6.07) is 12.6. The molecule has 0 radical (unpaired) electrons. The lowest BCUT2D eigenvalue weighted by Gasteiger charge is -2.25. The molecule has 0 aliphatic carbocycles. The van der Waals surface area contributed by atoms with Crippen molar-refractivity contribution in [3.05, 3.63) is 42.0 Å². The fourth-order valence-corrected chi connectivity index (χ4v) is 2.38. The number of nitrogens with zero attached hydrogens (tertiary/aromatic N) is 1. The van der Waals surface area contributed by atoms with Crippen molar-refractivity contribution < 1.29 is 4.74 Å². The van der Waals surface area contributed by atoms with E-state index in [0.717, 1.165) is 11.1 Å². The Bertz CT molecular complexity index is 537. The molecule has 1 atom stereocenters. The van der Waals surface area contributed by atoms with E-state index in [4.69, 9.17) is 10.5 Å². The van der Waals surface area contributed by atoms with Gasteiger partial charge in [-0.25, -0.2) is 0 Å². The summed E-state index contributed by atoms with van der Waals surface area (Å²) in [6.07, 6.45) is 0. The topological polar surface area (TPSA) is 38.5 Å². The molecule has 2 N–H and O–H groups in total. The molecule has 2 aromatic carbocycles. The van der Waals surface area contributed by atoms with Gasteiger partial charge in [0.25, 0.3) is 0 Å². The van der Waals surface area contributed by atoms with E-state index in [9.17, 15) is 0 Å². The maximum absolute atomic E-state index is 5.89. The molecule has 0 bridgehead atoms. The minimum absolute atomic E-state index is 0.223. The number of hydrogen-bond donors (Lipinski definition) is 1. The summed E-state index contributed by atoms with van der Waals surface area (Å²) in [7, 11) is 5.81. The number of fused-ring (bicyclic) bond motifs is 1. The first-order valence-electron chi connectivity index (χ1n) is 6.11. The number of ether oxygens (including phenoxy) is 1. The van der Waals surface area contributed by atoms with Gasteiger partial charge in [0, 0.05) is 18.0 Å². The van der Waals surface area contributed by atoms with Crippen LogP contribution in [0.15, 0.2) is 36.4 Å². The SMILES string of the molecule is COc1ccc(C(CN)N(C)C)c2ccccc12. The lowest BCUT2D eigenvalue weighted by molar-refractivity contribution is 0.307. The van der Waals surface area contributed by atoms with Crippen LogP contribution in [0.5, 0.6) is 5.75 Å². The standard InChI is InChI=1S/C15H20N2O/c1-17(2)14(10-16)12-8-9-15(18-3)13-7-5-4-6-11(12)13/h4-9,14H,10,16H2,1-3H3. The highest BCUT2D eigenvalue weighted by atomic mass is 16.5. The van der Waals surface area contributed by atoms with Gasteiger partial charge in [-0.2, -0.15) is 0 Å². The Labute approximate surface area is 108 Å². The minimum Gasteiger partial charge on any atom is -0.496 e. The van der Waals surface area contributed by atoms with Gasteiger partial charge in [-0.15, -0.1) is 0 Å². The number of benzene rings is 2. The molecule has 3 heteroatoms. The molecule has 96 valence electrons. The molecule has 1 unspecified atom stereocenters. The molecule has 0 aliphatic heterocycles. The van der Waals surface area contributed by atoms with Crippen LogP contribution in [0.4, 0.5) is 0 Å². The zero-order valence-corrected chi connectivity index (χ0v) is 11.2. The smallest absolute Gasteiger partial charge is 0.126 e. The first kappa shape index (κ1) is 12.9. The normalized spacial score (nSPS) is 12.9. The predicted octanol–water partition coefficient (Wildman–Crippen LogP) is 2.41.